The van der Waals surface area contributed by atoms with Crippen LogP contribution in [-0.2, 0) is 7.05 Å². The Morgan fingerprint density at radius 2 is 1.87 bits per heavy atom. The highest BCUT2D eigenvalue weighted by Crippen LogP contribution is 2.77. The summed E-state index contributed by atoms with van der Waals surface area (Å²) in [5.41, 5.74) is 7.29. The maximum absolute atomic E-state index is 12.9. The average Bonchev–Trinajstić information content (AvgIpc) is 3.18. The summed E-state index contributed by atoms with van der Waals surface area (Å²) in [5, 5.41) is 14.5. The van der Waals surface area contributed by atoms with Gasteiger partial charge in [0.15, 0.2) is 5.69 Å². The first kappa shape index (κ1) is 20.5. The molecule has 1 aromatic heterocycles. The smallest absolute Gasteiger partial charge is 0.269 e. The number of carbonyl (C=O) groups excluding carboxylic acids is 1. The van der Waals surface area contributed by atoms with E-state index in [1.165, 1.54) is 37.8 Å². The number of hydrogen-bond acceptors (Lipinski definition) is 4. The Balaban J connectivity index is 0.000000143. The molecule has 1 aromatic carbocycles. The van der Waals surface area contributed by atoms with Crippen molar-refractivity contribution in [2.45, 2.75) is 51.0 Å². The van der Waals surface area contributed by atoms with Gasteiger partial charge in [0.1, 0.15) is 11.6 Å². The molecule has 4 fully saturated rings. The number of primary amides is 1. The molecule has 5 atom stereocenters. The Morgan fingerprint density at radius 3 is 2.52 bits per heavy atom. The molecule has 4 aliphatic rings. The number of hydrogen-bond donors (Lipinski definition) is 2. The number of aromatic nitrogens is 2. The van der Waals surface area contributed by atoms with E-state index in [1.807, 2.05) is 11.9 Å². The van der Waals surface area contributed by atoms with Crippen LogP contribution in [0.5, 0.6) is 0 Å². The molecule has 2 aromatic rings. The number of nitrogens with two attached hydrogens (primary N) is 1. The fraction of sp³-hybridized carbons (Fsp3) is 0.583. The van der Waals surface area contributed by atoms with Crippen LogP contribution >= 0.6 is 0 Å². The minimum absolute atomic E-state index is 0.173. The van der Waals surface area contributed by atoms with Gasteiger partial charge in [-0.3, -0.25) is 9.48 Å². The normalized spacial score (nSPS) is 34.0. The lowest BCUT2D eigenvalue weighted by molar-refractivity contribution is -0.176. The summed E-state index contributed by atoms with van der Waals surface area (Å²) in [6.45, 7) is 1.78. The maximum atomic E-state index is 12.9. The summed E-state index contributed by atoms with van der Waals surface area (Å²) in [4.78, 5) is 13.1. The second-order valence-electron chi connectivity index (χ2n) is 10.2. The van der Waals surface area contributed by atoms with Crippen LogP contribution < -0.4 is 10.6 Å². The highest BCUT2D eigenvalue weighted by molar-refractivity contribution is 5.94. The van der Waals surface area contributed by atoms with Crippen molar-refractivity contribution in [3.63, 3.8) is 0 Å². The fourth-order valence-electron chi connectivity index (χ4n) is 7.44. The molecule has 0 aliphatic heterocycles. The third kappa shape index (κ3) is 2.93. The van der Waals surface area contributed by atoms with Gasteiger partial charge in [0, 0.05) is 30.8 Å². The van der Waals surface area contributed by atoms with E-state index in [0.29, 0.717) is 11.0 Å². The summed E-state index contributed by atoms with van der Waals surface area (Å²) in [7, 11) is 3.55. The number of carbonyl (C=O) groups is 1. The fourth-order valence-corrected chi connectivity index (χ4v) is 7.44. The molecule has 7 heteroatoms. The van der Waals surface area contributed by atoms with Gasteiger partial charge < -0.3 is 15.7 Å². The summed E-state index contributed by atoms with van der Waals surface area (Å²) in [5.74, 6) is 2.72. The zero-order valence-electron chi connectivity index (χ0n) is 18.4. The molecule has 31 heavy (non-hydrogen) atoms. The van der Waals surface area contributed by atoms with Crippen LogP contribution in [-0.4, -0.2) is 33.4 Å². The maximum Gasteiger partial charge on any atom is 0.269 e. The highest BCUT2D eigenvalue weighted by Gasteiger charge is 2.74. The lowest BCUT2D eigenvalue weighted by atomic mass is 9.53. The number of benzene rings is 1. The number of fused-ring (bicyclic) bond motifs is 2. The molecular formula is C24H31FN4O2. The van der Waals surface area contributed by atoms with Gasteiger partial charge in [0.25, 0.3) is 5.91 Å². The van der Waals surface area contributed by atoms with Crippen molar-refractivity contribution in [1.29, 1.82) is 0 Å². The van der Waals surface area contributed by atoms with Crippen molar-refractivity contribution in [3.05, 3.63) is 41.3 Å². The van der Waals surface area contributed by atoms with Crippen LogP contribution in [0.3, 0.4) is 0 Å². The quantitative estimate of drug-likeness (QED) is 0.784. The van der Waals surface area contributed by atoms with Gasteiger partial charge >= 0.3 is 0 Å². The van der Waals surface area contributed by atoms with E-state index in [-0.39, 0.29) is 17.1 Å². The van der Waals surface area contributed by atoms with Crippen molar-refractivity contribution in [2.24, 2.45) is 36.0 Å². The predicted molar refractivity (Wildman–Crippen MR) is 116 cm³/mol. The summed E-state index contributed by atoms with van der Waals surface area (Å²) >= 11 is 0. The molecular weight excluding hydrogens is 395 g/mol. The first-order valence-electron chi connectivity index (χ1n) is 11.2. The molecule has 3 N–H and O–H groups in total. The molecule has 0 radical (unpaired) electrons. The number of aliphatic hydroxyl groups is 1. The van der Waals surface area contributed by atoms with Crippen molar-refractivity contribution >= 4 is 17.4 Å². The van der Waals surface area contributed by atoms with Gasteiger partial charge in [0.2, 0.25) is 0 Å². The van der Waals surface area contributed by atoms with Crippen molar-refractivity contribution in [3.8, 4) is 0 Å². The minimum Gasteiger partial charge on any atom is -0.389 e. The van der Waals surface area contributed by atoms with Crippen LogP contribution in [0.15, 0.2) is 24.3 Å². The topological polar surface area (TPSA) is 84.4 Å². The molecule has 166 valence electrons. The van der Waals surface area contributed by atoms with E-state index < -0.39 is 5.91 Å². The Kier molecular flexibility index (Phi) is 4.49. The van der Waals surface area contributed by atoms with Gasteiger partial charge in [-0.25, -0.2) is 4.39 Å². The van der Waals surface area contributed by atoms with Crippen LogP contribution in [0.2, 0.25) is 0 Å². The molecule has 6 rings (SSSR count). The van der Waals surface area contributed by atoms with Crippen molar-refractivity contribution in [1.82, 2.24) is 9.78 Å². The van der Waals surface area contributed by atoms with Gasteiger partial charge in [-0.2, -0.15) is 5.10 Å². The molecule has 0 saturated heterocycles. The first-order chi connectivity index (χ1) is 14.6. The van der Waals surface area contributed by atoms with E-state index >= 15 is 0 Å². The van der Waals surface area contributed by atoms with E-state index in [2.05, 4.69) is 5.10 Å². The number of nitrogens with zero attached hydrogens (tertiary/aromatic N) is 3. The Morgan fingerprint density at radius 1 is 1.19 bits per heavy atom. The Labute approximate surface area is 182 Å². The summed E-state index contributed by atoms with van der Waals surface area (Å²) < 4.78 is 14.5. The molecule has 4 saturated carbocycles. The Bertz CT molecular complexity index is 1030. The highest BCUT2D eigenvalue weighted by atomic mass is 19.1. The third-order valence-electron chi connectivity index (χ3n) is 8.52. The van der Waals surface area contributed by atoms with Gasteiger partial charge in [-0.15, -0.1) is 0 Å². The predicted octanol–water partition coefficient (Wildman–Crippen LogP) is 3.68. The van der Waals surface area contributed by atoms with Crippen LogP contribution in [0.4, 0.5) is 15.9 Å². The monoisotopic (exact) mass is 426 g/mol. The second kappa shape index (κ2) is 6.79. The van der Waals surface area contributed by atoms with Crippen molar-refractivity contribution in [2.75, 3.05) is 11.9 Å². The van der Waals surface area contributed by atoms with E-state index in [1.54, 1.807) is 30.8 Å². The lowest BCUT2D eigenvalue weighted by Gasteiger charge is -2.55. The van der Waals surface area contributed by atoms with Crippen LogP contribution in [0, 0.1) is 35.9 Å². The molecule has 6 nitrogen and oxygen atoms in total. The summed E-state index contributed by atoms with van der Waals surface area (Å²) in [6.07, 6.45) is 7.97. The standard InChI is InChI=1S/C13H15FN4O.C11H16O/c1-8-11(12(15)19)16-18(3)13(8)17(2)10-6-4-9(14)5-7-10;12-11-5-8-1-7-2-9(6-11)10(11,3-7)4-8/h4-7H,1-3H3,(H2,15,19);7-9,12H,1-6H2. The molecule has 3 bridgehead atoms. The lowest BCUT2D eigenvalue weighted by Crippen LogP contribution is -2.57. The molecule has 5 unspecified atom stereocenters. The number of amides is 1. The van der Waals surface area contributed by atoms with Gasteiger partial charge in [-0.1, -0.05) is 0 Å². The Hall–Kier alpha value is -2.41. The van der Waals surface area contributed by atoms with E-state index in [0.717, 1.165) is 42.1 Å². The third-order valence-corrected chi connectivity index (χ3v) is 8.52. The average molecular weight is 427 g/mol. The number of anilines is 2. The molecule has 1 heterocycles. The van der Waals surface area contributed by atoms with Crippen molar-refractivity contribution < 1.29 is 14.3 Å². The second-order valence-corrected chi connectivity index (χ2v) is 10.2. The van der Waals surface area contributed by atoms with E-state index in [9.17, 15) is 14.3 Å². The summed E-state index contributed by atoms with van der Waals surface area (Å²) in [6, 6.07) is 6.08. The largest absolute Gasteiger partial charge is 0.389 e. The van der Waals surface area contributed by atoms with E-state index in [4.69, 9.17) is 5.73 Å². The zero-order chi connectivity index (χ0) is 22.1. The number of rotatable bonds is 3. The van der Waals surface area contributed by atoms with Gasteiger partial charge in [0.05, 0.1) is 5.60 Å². The minimum atomic E-state index is -0.563. The van der Waals surface area contributed by atoms with Crippen LogP contribution in [0.25, 0.3) is 0 Å². The van der Waals surface area contributed by atoms with Crippen LogP contribution in [0.1, 0.15) is 54.6 Å². The SMILES string of the molecule is Cc1c(C(N)=O)nn(C)c1N(C)c1ccc(F)cc1.OC12CC3CC4CC(C1)C2(C4)C3. The molecule has 1 spiro atoms. The first-order valence-corrected chi connectivity index (χ1v) is 11.2. The number of aryl methyl sites for hydroxylation is 1. The van der Waals surface area contributed by atoms with Gasteiger partial charge in [-0.05, 0) is 87.5 Å². The molecule has 1 amide bonds. The molecule has 4 aliphatic carbocycles. The zero-order valence-corrected chi connectivity index (χ0v) is 18.4. The number of halogens is 1.